The van der Waals surface area contributed by atoms with Crippen molar-refractivity contribution in [2.75, 3.05) is 0 Å². The van der Waals surface area contributed by atoms with E-state index in [1.807, 2.05) is 13.8 Å². The lowest BCUT2D eigenvalue weighted by Crippen LogP contribution is -2.38. The highest BCUT2D eigenvalue weighted by molar-refractivity contribution is 5.98. The van der Waals surface area contributed by atoms with Gasteiger partial charge in [0.1, 0.15) is 17.7 Å². The van der Waals surface area contributed by atoms with E-state index < -0.39 is 11.9 Å². The Labute approximate surface area is 160 Å². The van der Waals surface area contributed by atoms with Gasteiger partial charge in [-0.15, -0.1) is 0 Å². The summed E-state index contributed by atoms with van der Waals surface area (Å²) < 4.78 is 15.4. The summed E-state index contributed by atoms with van der Waals surface area (Å²) in [4.78, 5) is 24.1. The van der Waals surface area contributed by atoms with Gasteiger partial charge in [-0.05, 0) is 41.8 Å². The number of nitrogens with zero attached hydrogens (tertiary/aromatic N) is 1. The molecule has 2 aromatic carbocycles. The maximum Gasteiger partial charge on any atom is 0.258 e. The van der Waals surface area contributed by atoms with Crippen molar-refractivity contribution in [1.29, 1.82) is 0 Å². The van der Waals surface area contributed by atoms with Gasteiger partial charge in [0.15, 0.2) is 0 Å². The number of phenols is 1. The zero-order valence-corrected chi connectivity index (χ0v) is 15.5. The van der Waals surface area contributed by atoms with Crippen LogP contribution in [-0.2, 0) is 13.1 Å². The summed E-state index contributed by atoms with van der Waals surface area (Å²) >= 11 is 0. The number of aromatic hydroxyl groups is 1. The first-order valence-corrected chi connectivity index (χ1v) is 8.87. The summed E-state index contributed by atoms with van der Waals surface area (Å²) in [5.74, 6) is -0.412. The van der Waals surface area contributed by atoms with E-state index in [9.17, 15) is 24.2 Å². The van der Waals surface area contributed by atoms with E-state index in [-0.39, 0.29) is 23.8 Å². The normalized spacial score (nSPS) is 11.1. The van der Waals surface area contributed by atoms with Crippen molar-refractivity contribution in [3.05, 3.63) is 64.3 Å². The molecule has 1 aromatic heterocycles. The molecule has 1 amide bonds. The molecule has 0 radical (unpaired) electrons. The van der Waals surface area contributed by atoms with E-state index in [0.717, 1.165) is 0 Å². The zero-order valence-electron chi connectivity index (χ0n) is 15.5. The van der Waals surface area contributed by atoms with E-state index in [2.05, 4.69) is 5.32 Å². The van der Waals surface area contributed by atoms with Crippen LogP contribution in [0.15, 0.2) is 47.3 Å². The van der Waals surface area contributed by atoms with Gasteiger partial charge in [0, 0.05) is 28.6 Å². The van der Waals surface area contributed by atoms with Crippen molar-refractivity contribution in [1.82, 2.24) is 9.88 Å². The molecule has 3 rings (SSSR count). The fourth-order valence-corrected chi connectivity index (χ4v) is 3.35. The maximum atomic E-state index is 13.9. The lowest BCUT2D eigenvalue weighted by Gasteiger charge is -2.22. The van der Waals surface area contributed by atoms with Gasteiger partial charge in [-0.25, -0.2) is 4.39 Å². The monoisotopic (exact) mass is 383 g/mol. The number of hydrogen-bond donors (Lipinski definition) is 2. The van der Waals surface area contributed by atoms with Gasteiger partial charge >= 0.3 is 0 Å². The second kappa shape index (κ2) is 7.72. The average Bonchev–Trinajstić information content (AvgIpc) is 2.62. The topological polar surface area (TPSA) is 94.4 Å². The summed E-state index contributed by atoms with van der Waals surface area (Å²) in [5.41, 5.74) is 1.04. The molecule has 0 fully saturated rings. The van der Waals surface area contributed by atoms with Gasteiger partial charge in [-0.1, -0.05) is 26.0 Å². The molecule has 3 aromatic rings. The van der Waals surface area contributed by atoms with E-state index in [1.54, 1.807) is 6.07 Å². The van der Waals surface area contributed by atoms with Crippen LogP contribution in [0, 0.1) is 11.7 Å². The lowest BCUT2D eigenvalue weighted by molar-refractivity contribution is -0.251. The number of amides is 1. The summed E-state index contributed by atoms with van der Waals surface area (Å²) in [6, 6.07) is 10.2. The maximum absolute atomic E-state index is 13.9. The molecule has 0 aliphatic heterocycles. The highest BCUT2D eigenvalue weighted by Gasteiger charge is 2.19. The second-order valence-corrected chi connectivity index (χ2v) is 7.01. The van der Waals surface area contributed by atoms with Gasteiger partial charge < -0.3 is 24.9 Å². The third-order valence-corrected chi connectivity index (χ3v) is 4.42. The van der Waals surface area contributed by atoms with Crippen LogP contribution in [0.3, 0.4) is 0 Å². The highest BCUT2D eigenvalue weighted by Crippen LogP contribution is 2.33. The fourth-order valence-electron chi connectivity index (χ4n) is 3.35. The van der Waals surface area contributed by atoms with Crippen LogP contribution in [0.5, 0.6) is 5.75 Å². The minimum absolute atomic E-state index is 0.0510. The largest absolute Gasteiger partial charge is 0.530 e. The predicted octanol–water partition coefficient (Wildman–Crippen LogP) is 2.60. The Kier molecular flexibility index (Phi) is 5.35. The van der Waals surface area contributed by atoms with Gasteiger partial charge in [-0.2, -0.15) is 0 Å². The van der Waals surface area contributed by atoms with Crippen molar-refractivity contribution < 1.29 is 19.4 Å². The van der Waals surface area contributed by atoms with E-state index in [4.69, 9.17) is 0 Å². The minimum Gasteiger partial charge on any atom is -0.530 e. The molecule has 0 saturated heterocycles. The van der Waals surface area contributed by atoms with Crippen LogP contribution in [0.4, 0.5) is 9.18 Å². The molecule has 7 heteroatoms. The number of fused-ring (bicyclic) bond motifs is 1. The molecule has 0 spiro atoms. The van der Waals surface area contributed by atoms with Crippen LogP contribution in [-0.4, -0.2) is 15.8 Å². The Bertz CT molecular complexity index is 1110. The molecule has 0 aliphatic carbocycles. The van der Waals surface area contributed by atoms with E-state index in [0.29, 0.717) is 34.1 Å². The number of carbonyl (C=O) groups is 1. The molecule has 0 atom stereocenters. The first-order valence-electron chi connectivity index (χ1n) is 8.87. The number of carboxylic acid groups (broad SMARTS) is 1. The number of phenolic OH excluding ortho intramolecular Hbond substituents is 1. The number of nitrogens with one attached hydrogen (secondary N) is 1. The molecule has 0 aliphatic rings. The highest BCUT2D eigenvalue weighted by atomic mass is 19.1. The molecule has 2 N–H and O–H groups in total. The van der Waals surface area contributed by atoms with Crippen molar-refractivity contribution in [3.8, 4) is 16.9 Å². The van der Waals surface area contributed by atoms with Crippen molar-refractivity contribution in [2.45, 2.75) is 26.9 Å². The van der Waals surface area contributed by atoms with Gasteiger partial charge in [0.05, 0.1) is 6.54 Å². The van der Waals surface area contributed by atoms with Crippen molar-refractivity contribution in [3.63, 3.8) is 0 Å². The van der Waals surface area contributed by atoms with Gasteiger partial charge in [0.2, 0.25) is 0 Å². The predicted molar refractivity (Wildman–Crippen MR) is 102 cm³/mol. The summed E-state index contributed by atoms with van der Waals surface area (Å²) in [6.45, 7) is 4.03. The molecule has 0 saturated carbocycles. The van der Waals surface area contributed by atoms with Gasteiger partial charge in [0.25, 0.3) is 5.56 Å². The third kappa shape index (κ3) is 3.83. The van der Waals surface area contributed by atoms with Crippen LogP contribution in [0.2, 0.25) is 0 Å². The quantitative estimate of drug-likeness (QED) is 0.708. The molecule has 1 heterocycles. The van der Waals surface area contributed by atoms with Crippen LogP contribution in [0.25, 0.3) is 21.9 Å². The average molecular weight is 383 g/mol. The Hall–Kier alpha value is -3.35. The minimum atomic E-state index is -1.48. The zero-order chi connectivity index (χ0) is 20.4. The van der Waals surface area contributed by atoms with Gasteiger partial charge in [-0.3, -0.25) is 4.79 Å². The standard InChI is InChI=1S/C21H21FN2O4/c1-12(2)11-24-18(10-23-21(27)28)19(13-4-3-5-14(22)8-13)17-9-15(25)6-7-16(17)20(24)26/h3-9,12,23,25H,10-11H2,1-2H3,(H,27,28)/p-1. The molecular weight excluding hydrogens is 363 g/mol. The molecule has 6 nitrogen and oxygen atoms in total. The second-order valence-electron chi connectivity index (χ2n) is 7.01. The van der Waals surface area contributed by atoms with E-state index in [1.165, 1.54) is 41.0 Å². The van der Waals surface area contributed by atoms with Crippen LogP contribution < -0.4 is 16.0 Å². The lowest BCUT2D eigenvalue weighted by atomic mass is 9.96. The summed E-state index contributed by atoms with van der Waals surface area (Å²) in [7, 11) is 0. The summed E-state index contributed by atoms with van der Waals surface area (Å²) in [6.07, 6.45) is -1.48. The SMILES string of the molecule is CC(C)Cn1c(CNC(=O)[O-])c(-c2cccc(F)c2)c2cc(O)ccc2c1=O. The molecular formula is C21H20FN2O4-. The van der Waals surface area contributed by atoms with Crippen LogP contribution >= 0.6 is 0 Å². The Morgan fingerprint density at radius 1 is 1.21 bits per heavy atom. The Morgan fingerprint density at radius 2 is 1.96 bits per heavy atom. The van der Waals surface area contributed by atoms with Crippen molar-refractivity contribution >= 4 is 16.9 Å². The third-order valence-electron chi connectivity index (χ3n) is 4.42. The molecule has 28 heavy (non-hydrogen) atoms. The molecule has 146 valence electrons. The number of hydrogen-bond acceptors (Lipinski definition) is 4. The fraction of sp³-hybridized carbons (Fsp3) is 0.238. The summed E-state index contributed by atoms with van der Waals surface area (Å²) in [5, 5.41) is 23.9. The first-order chi connectivity index (χ1) is 13.3. The molecule has 0 unspecified atom stereocenters. The number of pyridine rings is 1. The van der Waals surface area contributed by atoms with Crippen LogP contribution in [0.1, 0.15) is 19.5 Å². The van der Waals surface area contributed by atoms with E-state index >= 15 is 0 Å². The number of halogens is 1. The Morgan fingerprint density at radius 3 is 2.61 bits per heavy atom. The Balaban J connectivity index is 2.45. The number of carbonyl (C=O) groups excluding carboxylic acids is 1. The molecule has 0 bridgehead atoms. The number of aromatic nitrogens is 1. The smallest absolute Gasteiger partial charge is 0.258 e. The number of benzene rings is 2. The first kappa shape index (κ1) is 19.4. The van der Waals surface area contributed by atoms with Crippen molar-refractivity contribution in [2.24, 2.45) is 5.92 Å². The number of rotatable bonds is 5.